The molecule has 2 aromatic carbocycles. The largest absolute Gasteiger partial charge is 0.293 e. The molecule has 3 rings (SSSR count). The zero-order valence-corrected chi connectivity index (χ0v) is 12.6. The third-order valence-corrected chi connectivity index (χ3v) is 3.93. The third-order valence-electron chi connectivity index (χ3n) is 3.09. The van der Waals surface area contributed by atoms with Crippen molar-refractivity contribution >= 4 is 17.5 Å². The van der Waals surface area contributed by atoms with Gasteiger partial charge < -0.3 is 0 Å². The van der Waals surface area contributed by atoms with Crippen LogP contribution in [-0.4, -0.2) is 26.7 Å². The molecule has 4 nitrogen and oxygen atoms in total. The van der Waals surface area contributed by atoms with Crippen molar-refractivity contribution in [3.05, 3.63) is 65.7 Å². The van der Waals surface area contributed by atoms with Crippen LogP contribution >= 0.6 is 11.8 Å². The number of carbonyl (C=O) groups excluding carboxylic acids is 1. The molecule has 0 amide bonds. The van der Waals surface area contributed by atoms with Crippen molar-refractivity contribution in [3.63, 3.8) is 0 Å². The van der Waals surface area contributed by atoms with Gasteiger partial charge in [-0.2, -0.15) is 0 Å². The number of nitrogens with zero attached hydrogens (tertiary/aromatic N) is 2. The quantitative estimate of drug-likeness (QED) is 0.572. The Hall–Kier alpha value is -2.54. The molecule has 116 valence electrons. The number of ketones is 1. The third kappa shape index (κ3) is 3.62. The Morgan fingerprint density at radius 2 is 1.87 bits per heavy atom. The molecule has 0 radical (unpaired) electrons. The minimum absolute atomic E-state index is 0.0388. The van der Waals surface area contributed by atoms with Gasteiger partial charge in [-0.3, -0.25) is 9.89 Å². The zero-order valence-electron chi connectivity index (χ0n) is 11.8. The molecule has 0 atom stereocenters. The number of aromatic amines is 1. The van der Waals surface area contributed by atoms with Crippen molar-refractivity contribution in [1.29, 1.82) is 0 Å². The van der Waals surface area contributed by atoms with Crippen molar-refractivity contribution in [2.75, 3.05) is 5.75 Å². The highest BCUT2D eigenvalue weighted by atomic mass is 32.2. The molecule has 1 heterocycles. The van der Waals surface area contributed by atoms with E-state index in [0.717, 1.165) is 29.5 Å². The summed E-state index contributed by atoms with van der Waals surface area (Å²) in [5.41, 5.74) is 1.01. The van der Waals surface area contributed by atoms with E-state index in [1.54, 1.807) is 0 Å². The van der Waals surface area contributed by atoms with E-state index in [1.807, 2.05) is 30.3 Å². The molecule has 0 aliphatic rings. The van der Waals surface area contributed by atoms with Crippen LogP contribution in [0.3, 0.4) is 0 Å². The van der Waals surface area contributed by atoms with E-state index in [1.165, 1.54) is 6.07 Å². The summed E-state index contributed by atoms with van der Waals surface area (Å²) >= 11 is 1.13. The van der Waals surface area contributed by atoms with E-state index in [0.29, 0.717) is 11.0 Å². The number of hydrogen-bond donors (Lipinski definition) is 1. The van der Waals surface area contributed by atoms with E-state index < -0.39 is 11.6 Å². The predicted octanol–water partition coefficient (Wildman–Crippen LogP) is 3.72. The van der Waals surface area contributed by atoms with Crippen molar-refractivity contribution in [2.24, 2.45) is 0 Å². The summed E-state index contributed by atoms with van der Waals surface area (Å²) in [5.74, 6) is -1.69. The van der Waals surface area contributed by atoms with Crippen LogP contribution in [0.5, 0.6) is 0 Å². The van der Waals surface area contributed by atoms with Gasteiger partial charge in [-0.15, -0.1) is 5.10 Å². The molecule has 0 spiro atoms. The Balaban J connectivity index is 1.65. The van der Waals surface area contributed by atoms with Crippen molar-refractivity contribution in [2.45, 2.75) is 5.16 Å². The first kappa shape index (κ1) is 15.4. The first-order valence-electron chi connectivity index (χ1n) is 6.72. The molecule has 0 bridgehead atoms. The van der Waals surface area contributed by atoms with E-state index in [4.69, 9.17) is 0 Å². The standard InChI is InChI=1S/C16H11F2N3OS/c17-12-7-6-11(8-13(12)18)14(22)9-23-16-19-15(20-21-16)10-4-2-1-3-5-10/h1-8H,9H2,(H,19,20,21). The Morgan fingerprint density at radius 1 is 1.09 bits per heavy atom. The summed E-state index contributed by atoms with van der Waals surface area (Å²) in [4.78, 5) is 16.3. The van der Waals surface area contributed by atoms with Gasteiger partial charge in [0.25, 0.3) is 0 Å². The second-order valence-electron chi connectivity index (χ2n) is 4.67. The second kappa shape index (κ2) is 6.70. The van der Waals surface area contributed by atoms with E-state index in [2.05, 4.69) is 15.2 Å². The number of nitrogens with one attached hydrogen (secondary N) is 1. The maximum Gasteiger partial charge on any atom is 0.209 e. The number of hydrogen-bond acceptors (Lipinski definition) is 4. The maximum absolute atomic E-state index is 13.1. The van der Waals surface area contributed by atoms with Crippen molar-refractivity contribution < 1.29 is 13.6 Å². The Labute approximate surface area is 135 Å². The van der Waals surface area contributed by atoms with Gasteiger partial charge in [-0.1, -0.05) is 42.1 Å². The average molecular weight is 331 g/mol. The lowest BCUT2D eigenvalue weighted by atomic mass is 10.1. The van der Waals surface area contributed by atoms with E-state index >= 15 is 0 Å². The predicted molar refractivity (Wildman–Crippen MR) is 83.2 cm³/mol. The number of aromatic nitrogens is 3. The van der Waals surface area contributed by atoms with Crippen LogP contribution < -0.4 is 0 Å². The molecule has 7 heteroatoms. The number of thioether (sulfide) groups is 1. The summed E-state index contributed by atoms with van der Waals surface area (Å²) in [6.07, 6.45) is 0. The van der Waals surface area contributed by atoms with Gasteiger partial charge in [-0.25, -0.2) is 13.8 Å². The van der Waals surface area contributed by atoms with E-state index in [9.17, 15) is 13.6 Å². The molecule has 0 aliphatic heterocycles. The molecule has 23 heavy (non-hydrogen) atoms. The lowest BCUT2D eigenvalue weighted by Crippen LogP contribution is -2.03. The molecule has 1 aromatic heterocycles. The van der Waals surface area contributed by atoms with Crippen molar-refractivity contribution in [3.8, 4) is 11.4 Å². The number of carbonyl (C=O) groups is 1. The second-order valence-corrected chi connectivity index (χ2v) is 5.62. The van der Waals surface area contributed by atoms with Crippen LogP contribution in [0.4, 0.5) is 8.78 Å². The summed E-state index contributed by atoms with van der Waals surface area (Å²) < 4.78 is 26.0. The van der Waals surface area contributed by atoms with Gasteiger partial charge in [0.05, 0.1) is 5.75 Å². The summed E-state index contributed by atoms with van der Waals surface area (Å²) in [7, 11) is 0. The molecule has 0 unspecified atom stereocenters. The lowest BCUT2D eigenvalue weighted by Gasteiger charge is -2.00. The molecule has 0 aliphatic carbocycles. The monoisotopic (exact) mass is 331 g/mol. The average Bonchev–Trinajstić information content (AvgIpc) is 3.05. The lowest BCUT2D eigenvalue weighted by molar-refractivity contribution is 0.102. The van der Waals surface area contributed by atoms with Gasteiger partial charge >= 0.3 is 0 Å². The van der Waals surface area contributed by atoms with Gasteiger partial charge in [0.15, 0.2) is 23.2 Å². The number of benzene rings is 2. The first-order chi connectivity index (χ1) is 11.1. The number of H-pyrrole nitrogens is 1. The zero-order chi connectivity index (χ0) is 16.2. The van der Waals surface area contributed by atoms with Crippen LogP contribution in [0.2, 0.25) is 0 Å². The van der Waals surface area contributed by atoms with Crippen LogP contribution in [0.15, 0.2) is 53.7 Å². The molecule has 0 saturated carbocycles. The highest BCUT2D eigenvalue weighted by Gasteiger charge is 2.12. The fourth-order valence-electron chi connectivity index (χ4n) is 1.92. The summed E-state index contributed by atoms with van der Waals surface area (Å²) in [5, 5.41) is 7.25. The number of rotatable bonds is 5. The highest BCUT2D eigenvalue weighted by molar-refractivity contribution is 7.99. The molecule has 1 N–H and O–H groups in total. The highest BCUT2D eigenvalue weighted by Crippen LogP contribution is 2.20. The summed E-state index contributed by atoms with van der Waals surface area (Å²) in [6.45, 7) is 0. The van der Waals surface area contributed by atoms with Gasteiger partial charge in [0.2, 0.25) is 5.16 Å². The summed E-state index contributed by atoms with van der Waals surface area (Å²) in [6, 6.07) is 12.5. The number of Topliss-reactive ketones (excluding diaryl/α,β-unsaturated/α-hetero) is 1. The van der Waals surface area contributed by atoms with Crippen LogP contribution in [0, 0.1) is 11.6 Å². The van der Waals surface area contributed by atoms with Gasteiger partial charge in [0.1, 0.15) is 0 Å². The smallest absolute Gasteiger partial charge is 0.209 e. The fraction of sp³-hybridized carbons (Fsp3) is 0.0625. The first-order valence-corrected chi connectivity index (χ1v) is 7.71. The molecular weight excluding hydrogens is 320 g/mol. The number of halogens is 2. The maximum atomic E-state index is 13.1. The van der Waals surface area contributed by atoms with Gasteiger partial charge in [-0.05, 0) is 18.2 Å². The minimum atomic E-state index is -1.04. The Bertz CT molecular complexity index is 836. The molecule has 3 aromatic rings. The fourth-order valence-corrected chi connectivity index (χ4v) is 2.61. The minimum Gasteiger partial charge on any atom is -0.293 e. The van der Waals surface area contributed by atoms with Crippen LogP contribution in [0.25, 0.3) is 11.4 Å². The SMILES string of the molecule is O=C(CSc1n[nH]c(-c2ccccc2)n1)c1ccc(F)c(F)c1. The molecule has 0 saturated heterocycles. The van der Waals surface area contributed by atoms with Crippen LogP contribution in [-0.2, 0) is 0 Å². The van der Waals surface area contributed by atoms with Gasteiger partial charge in [0, 0.05) is 11.1 Å². The Morgan fingerprint density at radius 3 is 2.61 bits per heavy atom. The van der Waals surface area contributed by atoms with Crippen LogP contribution in [0.1, 0.15) is 10.4 Å². The normalized spacial score (nSPS) is 10.7. The molecular formula is C16H11F2N3OS. The molecule has 0 fully saturated rings. The Kier molecular flexibility index (Phi) is 4.47. The van der Waals surface area contributed by atoms with E-state index in [-0.39, 0.29) is 17.1 Å². The van der Waals surface area contributed by atoms with Crippen molar-refractivity contribution in [1.82, 2.24) is 15.2 Å². The topological polar surface area (TPSA) is 58.6 Å².